The van der Waals surface area contributed by atoms with Crippen molar-refractivity contribution < 1.29 is 9.90 Å². The van der Waals surface area contributed by atoms with Crippen molar-refractivity contribution in [2.45, 2.75) is 59.8 Å². The molecule has 0 spiro atoms. The largest absolute Gasteiger partial charge is 0.481 e. The minimum Gasteiger partial charge on any atom is -0.481 e. The van der Waals surface area contributed by atoms with Crippen molar-refractivity contribution in [1.82, 2.24) is 0 Å². The summed E-state index contributed by atoms with van der Waals surface area (Å²) in [5.74, 6) is 0.299. The van der Waals surface area contributed by atoms with Gasteiger partial charge in [-0.15, -0.1) is 0 Å². The number of aryl methyl sites for hydroxylation is 3. The summed E-state index contributed by atoms with van der Waals surface area (Å²) in [6.45, 7) is 10.9. The highest BCUT2D eigenvalue weighted by Crippen LogP contribution is 2.33. The monoisotopic (exact) mass is 262 g/mol. The van der Waals surface area contributed by atoms with Gasteiger partial charge in [-0.2, -0.15) is 0 Å². The van der Waals surface area contributed by atoms with Crippen molar-refractivity contribution >= 4 is 5.97 Å². The molecule has 0 bridgehead atoms. The van der Waals surface area contributed by atoms with Crippen LogP contribution in [0.5, 0.6) is 0 Å². The molecule has 0 aliphatic carbocycles. The molecule has 0 aliphatic rings. The van der Waals surface area contributed by atoms with Crippen LogP contribution in [0.25, 0.3) is 0 Å². The van der Waals surface area contributed by atoms with E-state index < -0.39 is 5.97 Å². The molecule has 1 aromatic rings. The molecular formula is C17H26O2. The number of benzene rings is 1. The quantitative estimate of drug-likeness (QED) is 0.813. The van der Waals surface area contributed by atoms with E-state index in [2.05, 4.69) is 46.8 Å². The van der Waals surface area contributed by atoms with E-state index in [1.54, 1.807) is 0 Å². The molecule has 0 heterocycles. The standard InChI is InChI=1S/C17H26O2/c1-11(2)15(7-6-8-17(18)19)16-10-13(4)12(3)9-14(16)5/h9-11,15H,6-8H2,1-5H3,(H,18,19). The topological polar surface area (TPSA) is 37.3 Å². The van der Waals surface area contributed by atoms with E-state index in [1.807, 2.05) is 0 Å². The molecule has 1 atom stereocenters. The Balaban J connectivity index is 2.93. The third kappa shape index (κ3) is 4.38. The van der Waals surface area contributed by atoms with E-state index >= 15 is 0 Å². The fraction of sp³-hybridized carbons (Fsp3) is 0.588. The lowest BCUT2D eigenvalue weighted by Gasteiger charge is -2.24. The summed E-state index contributed by atoms with van der Waals surface area (Å²) in [5.41, 5.74) is 5.37. The molecule has 2 heteroatoms. The molecule has 2 nitrogen and oxygen atoms in total. The van der Waals surface area contributed by atoms with Gasteiger partial charge in [-0.25, -0.2) is 0 Å². The molecule has 0 saturated carbocycles. The van der Waals surface area contributed by atoms with Crippen molar-refractivity contribution in [2.24, 2.45) is 5.92 Å². The normalized spacial score (nSPS) is 12.7. The van der Waals surface area contributed by atoms with Crippen LogP contribution >= 0.6 is 0 Å². The molecule has 0 aliphatic heterocycles. The summed E-state index contributed by atoms with van der Waals surface area (Å²) in [6, 6.07) is 4.54. The molecule has 106 valence electrons. The fourth-order valence-corrected chi connectivity index (χ4v) is 2.70. The number of hydrogen-bond donors (Lipinski definition) is 1. The van der Waals surface area contributed by atoms with Gasteiger partial charge in [-0.1, -0.05) is 26.0 Å². The zero-order valence-electron chi connectivity index (χ0n) is 12.8. The third-order valence-electron chi connectivity index (χ3n) is 3.99. The van der Waals surface area contributed by atoms with Crippen LogP contribution in [0.1, 0.15) is 61.3 Å². The molecule has 1 rings (SSSR count). The van der Waals surface area contributed by atoms with Crippen molar-refractivity contribution in [3.8, 4) is 0 Å². The summed E-state index contributed by atoms with van der Waals surface area (Å²) in [7, 11) is 0. The number of carboxylic acids is 1. The van der Waals surface area contributed by atoms with Gasteiger partial charge in [0.1, 0.15) is 0 Å². The first-order valence-electron chi connectivity index (χ1n) is 7.12. The Hall–Kier alpha value is -1.31. The summed E-state index contributed by atoms with van der Waals surface area (Å²) < 4.78 is 0. The summed E-state index contributed by atoms with van der Waals surface area (Å²) >= 11 is 0. The van der Waals surface area contributed by atoms with Crippen LogP contribution in [-0.2, 0) is 4.79 Å². The van der Waals surface area contributed by atoms with E-state index in [9.17, 15) is 4.79 Å². The van der Waals surface area contributed by atoms with Crippen LogP contribution in [0.2, 0.25) is 0 Å². The molecule has 1 aromatic carbocycles. The van der Waals surface area contributed by atoms with Gasteiger partial charge < -0.3 is 5.11 Å². The number of carboxylic acid groups (broad SMARTS) is 1. The van der Waals surface area contributed by atoms with E-state index in [1.165, 1.54) is 22.3 Å². The molecule has 0 radical (unpaired) electrons. The molecule has 0 saturated heterocycles. The van der Waals surface area contributed by atoms with Crippen LogP contribution in [0.3, 0.4) is 0 Å². The van der Waals surface area contributed by atoms with Crippen molar-refractivity contribution in [1.29, 1.82) is 0 Å². The highest BCUT2D eigenvalue weighted by molar-refractivity contribution is 5.66. The van der Waals surface area contributed by atoms with E-state index in [0.29, 0.717) is 11.8 Å². The minimum atomic E-state index is -0.695. The second-order valence-electron chi connectivity index (χ2n) is 5.93. The van der Waals surface area contributed by atoms with Crippen molar-refractivity contribution in [2.75, 3.05) is 0 Å². The zero-order chi connectivity index (χ0) is 14.6. The minimum absolute atomic E-state index is 0.271. The lowest BCUT2D eigenvalue weighted by molar-refractivity contribution is -0.137. The maximum absolute atomic E-state index is 10.7. The van der Waals surface area contributed by atoms with E-state index in [-0.39, 0.29) is 6.42 Å². The third-order valence-corrected chi connectivity index (χ3v) is 3.99. The number of carbonyl (C=O) groups is 1. The molecular weight excluding hydrogens is 236 g/mol. The first kappa shape index (κ1) is 15.7. The molecule has 0 fully saturated rings. The number of hydrogen-bond acceptors (Lipinski definition) is 1. The first-order chi connectivity index (χ1) is 8.82. The fourth-order valence-electron chi connectivity index (χ4n) is 2.70. The molecule has 0 aromatic heterocycles. The number of aliphatic carboxylic acids is 1. The lowest BCUT2D eigenvalue weighted by Crippen LogP contribution is -2.10. The maximum Gasteiger partial charge on any atom is 0.303 e. The van der Waals surface area contributed by atoms with Crippen LogP contribution in [0.15, 0.2) is 12.1 Å². The van der Waals surface area contributed by atoms with Crippen LogP contribution < -0.4 is 0 Å². The second-order valence-corrected chi connectivity index (χ2v) is 5.93. The Labute approximate surface area is 116 Å². The Morgan fingerprint density at radius 3 is 2.21 bits per heavy atom. The zero-order valence-corrected chi connectivity index (χ0v) is 12.8. The average molecular weight is 262 g/mol. The van der Waals surface area contributed by atoms with Gasteiger partial charge in [0, 0.05) is 6.42 Å². The summed E-state index contributed by atoms with van der Waals surface area (Å²) in [4.78, 5) is 10.7. The van der Waals surface area contributed by atoms with Gasteiger partial charge in [0.25, 0.3) is 0 Å². The van der Waals surface area contributed by atoms with E-state index in [4.69, 9.17) is 5.11 Å². The average Bonchev–Trinajstić information content (AvgIpc) is 2.29. The Kier molecular flexibility index (Phi) is 5.59. The first-order valence-corrected chi connectivity index (χ1v) is 7.12. The van der Waals surface area contributed by atoms with Gasteiger partial charge in [0.2, 0.25) is 0 Å². The second kappa shape index (κ2) is 6.74. The van der Waals surface area contributed by atoms with Crippen LogP contribution in [0, 0.1) is 26.7 Å². The van der Waals surface area contributed by atoms with Crippen LogP contribution in [-0.4, -0.2) is 11.1 Å². The SMILES string of the molecule is Cc1cc(C)c(C(CCCC(=O)O)C(C)C)cc1C. The van der Waals surface area contributed by atoms with E-state index in [0.717, 1.165) is 12.8 Å². The molecule has 19 heavy (non-hydrogen) atoms. The number of rotatable bonds is 6. The van der Waals surface area contributed by atoms with Gasteiger partial charge in [0.15, 0.2) is 0 Å². The van der Waals surface area contributed by atoms with Gasteiger partial charge >= 0.3 is 5.97 Å². The molecule has 1 unspecified atom stereocenters. The predicted molar refractivity (Wildman–Crippen MR) is 79.7 cm³/mol. The van der Waals surface area contributed by atoms with Gasteiger partial charge in [-0.3, -0.25) is 4.79 Å². The van der Waals surface area contributed by atoms with Gasteiger partial charge in [0.05, 0.1) is 0 Å². The Morgan fingerprint density at radius 1 is 1.11 bits per heavy atom. The Bertz CT molecular complexity index is 447. The lowest BCUT2D eigenvalue weighted by atomic mass is 9.81. The Morgan fingerprint density at radius 2 is 1.68 bits per heavy atom. The maximum atomic E-state index is 10.7. The summed E-state index contributed by atoms with van der Waals surface area (Å²) in [5, 5.41) is 8.77. The van der Waals surface area contributed by atoms with Crippen molar-refractivity contribution in [3.63, 3.8) is 0 Å². The highest BCUT2D eigenvalue weighted by Gasteiger charge is 2.18. The molecule has 1 N–H and O–H groups in total. The molecule has 0 amide bonds. The van der Waals surface area contributed by atoms with Crippen molar-refractivity contribution in [3.05, 3.63) is 34.4 Å². The predicted octanol–water partition coefficient (Wildman–Crippen LogP) is 4.61. The summed E-state index contributed by atoms with van der Waals surface area (Å²) in [6.07, 6.45) is 1.98. The van der Waals surface area contributed by atoms with Gasteiger partial charge in [-0.05, 0) is 67.7 Å². The highest BCUT2D eigenvalue weighted by atomic mass is 16.4. The smallest absolute Gasteiger partial charge is 0.303 e. The van der Waals surface area contributed by atoms with Crippen LogP contribution in [0.4, 0.5) is 0 Å².